The summed E-state index contributed by atoms with van der Waals surface area (Å²) in [5.41, 5.74) is 4.54. The van der Waals surface area contributed by atoms with Crippen LogP contribution in [0.1, 0.15) is 22.9 Å². The molecule has 5 rings (SSSR count). The molecule has 138 valence electrons. The van der Waals surface area contributed by atoms with Crippen molar-refractivity contribution in [2.24, 2.45) is 0 Å². The van der Waals surface area contributed by atoms with Crippen LogP contribution in [0.15, 0.2) is 48.7 Å². The van der Waals surface area contributed by atoms with Crippen molar-refractivity contribution in [3.8, 4) is 28.7 Å². The van der Waals surface area contributed by atoms with Gasteiger partial charge < -0.3 is 28.8 Å². The summed E-state index contributed by atoms with van der Waals surface area (Å²) in [6, 6.07) is 14.4. The maximum absolute atomic E-state index is 5.58. The standard InChI is InChI=1S/C21H20N2O4/c1-24-17-6-5-13(8-18(17)25-2)21-15-4-3-7-23(15)16-10-20-19(26-12-27-20)9-14(16)11-22-21/h3-10,21-22H,11-12H2,1-2H3. The molecule has 2 aliphatic rings. The van der Waals surface area contributed by atoms with E-state index in [4.69, 9.17) is 18.9 Å². The van der Waals surface area contributed by atoms with Crippen LogP contribution in [0.3, 0.4) is 0 Å². The highest BCUT2D eigenvalue weighted by molar-refractivity contribution is 5.57. The Hall–Kier alpha value is -3.12. The monoisotopic (exact) mass is 364 g/mol. The molecule has 3 heterocycles. The van der Waals surface area contributed by atoms with Crippen LogP contribution < -0.4 is 24.3 Å². The maximum atomic E-state index is 5.58. The topological polar surface area (TPSA) is 53.9 Å². The summed E-state index contributed by atoms with van der Waals surface area (Å²) in [7, 11) is 3.30. The predicted octanol–water partition coefficient (Wildman–Crippen LogP) is 3.42. The van der Waals surface area contributed by atoms with Gasteiger partial charge in [-0.05, 0) is 41.5 Å². The molecule has 1 N–H and O–H groups in total. The van der Waals surface area contributed by atoms with E-state index < -0.39 is 0 Å². The highest BCUT2D eigenvalue weighted by atomic mass is 16.7. The Balaban J connectivity index is 1.61. The van der Waals surface area contributed by atoms with Crippen molar-refractivity contribution in [1.29, 1.82) is 0 Å². The van der Waals surface area contributed by atoms with E-state index in [-0.39, 0.29) is 12.8 Å². The molecule has 1 unspecified atom stereocenters. The number of hydrogen-bond acceptors (Lipinski definition) is 5. The molecule has 0 saturated heterocycles. The third kappa shape index (κ3) is 2.52. The summed E-state index contributed by atoms with van der Waals surface area (Å²) >= 11 is 0. The zero-order valence-corrected chi connectivity index (χ0v) is 15.2. The van der Waals surface area contributed by atoms with E-state index in [0.29, 0.717) is 6.54 Å². The van der Waals surface area contributed by atoms with Crippen LogP contribution in [0.25, 0.3) is 5.69 Å². The Labute approximate surface area is 157 Å². The number of benzene rings is 2. The third-order valence-electron chi connectivity index (χ3n) is 5.15. The molecule has 0 spiro atoms. The first-order chi connectivity index (χ1) is 13.3. The Morgan fingerprint density at radius 2 is 1.81 bits per heavy atom. The molecule has 27 heavy (non-hydrogen) atoms. The summed E-state index contributed by atoms with van der Waals surface area (Å²) in [5.74, 6) is 3.03. The Morgan fingerprint density at radius 1 is 1.00 bits per heavy atom. The zero-order valence-electron chi connectivity index (χ0n) is 15.2. The molecule has 0 saturated carbocycles. The summed E-state index contributed by atoms with van der Waals surface area (Å²) in [5, 5.41) is 3.66. The number of rotatable bonds is 3. The number of fused-ring (bicyclic) bond motifs is 4. The fourth-order valence-electron chi connectivity index (χ4n) is 3.83. The largest absolute Gasteiger partial charge is 0.493 e. The number of methoxy groups -OCH3 is 2. The van der Waals surface area contributed by atoms with Crippen LogP contribution in [-0.2, 0) is 6.54 Å². The summed E-state index contributed by atoms with van der Waals surface area (Å²) in [6.07, 6.45) is 2.08. The third-order valence-corrected chi connectivity index (χ3v) is 5.15. The lowest BCUT2D eigenvalue weighted by Crippen LogP contribution is -2.21. The molecule has 0 aliphatic carbocycles. The maximum Gasteiger partial charge on any atom is 0.231 e. The van der Waals surface area contributed by atoms with E-state index in [9.17, 15) is 0 Å². The molecule has 0 fully saturated rings. The average molecular weight is 364 g/mol. The highest BCUT2D eigenvalue weighted by Crippen LogP contribution is 2.40. The molecule has 2 aliphatic heterocycles. The smallest absolute Gasteiger partial charge is 0.231 e. The van der Waals surface area contributed by atoms with Gasteiger partial charge >= 0.3 is 0 Å². The fourth-order valence-corrected chi connectivity index (χ4v) is 3.83. The van der Waals surface area contributed by atoms with Gasteiger partial charge in [-0.1, -0.05) is 6.07 Å². The number of aromatic nitrogens is 1. The molecule has 2 aromatic carbocycles. The van der Waals surface area contributed by atoms with Gasteiger partial charge in [0.05, 0.1) is 25.9 Å². The minimum atomic E-state index is 0.0175. The second-order valence-corrected chi connectivity index (χ2v) is 6.57. The SMILES string of the molecule is COc1ccc(C2NCc3cc4c(cc3-n3cccc32)OCO4)cc1OC. The summed E-state index contributed by atoms with van der Waals surface area (Å²) in [6.45, 7) is 0.991. The first-order valence-electron chi connectivity index (χ1n) is 8.84. The first kappa shape index (κ1) is 16.1. The van der Waals surface area contributed by atoms with Crippen molar-refractivity contribution in [3.63, 3.8) is 0 Å². The van der Waals surface area contributed by atoms with Gasteiger partial charge in [0.2, 0.25) is 6.79 Å². The van der Waals surface area contributed by atoms with Crippen molar-refractivity contribution < 1.29 is 18.9 Å². The molecular formula is C21H20N2O4. The van der Waals surface area contributed by atoms with E-state index in [2.05, 4.69) is 46.4 Å². The molecular weight excluding hydrogens is 344 g/mol. The molecule has 6 nitrogen and oxygen atoms in total. The predicted molar refractivity (Wildman–Crippen MR) is 100 cm³/mol. The second kappa shape index (κ2) is 6.25. The zero-order chi connectivity index (χ0) is 18.4. The van der Waals surface area contributed by atoms with Crippen LogP contribution in [0, 0.1) is 0 Å². The van der Waals surface area contributed by atoms with Crippen molar-refractivity contribution in [3.05, 3.63) is 65.5 Å². The number of ether oxygens (including phenoxy) is 4. The van der Waals surface area contributed by atoms with Gasteiger partial charge in [0.25, 0.3) is 0 Å². The van der Waals surface area contributed by atoms with Gasteiger partial charge in [-0.25, -0.2) is 0 Å². The van der Waals surface area contributed by atoms with Crippen molar-refractivity contribution in [2.45, 2.75) is 12.6 Å². The Morgan fingerprint density at radius 3 is 2.63 bits per heavy atom. The summed E-state index contributed by atoms with van der Waals surface area (Å²) < 4.78 is 24.2. The van der Waals surface area contributed by atoms with Gasteiger partial charge in [0.15, 0.2) is 23.0 Å². The molecule has 0 amide bonds. The molecule has 3 aromatic rings. The lowest BCUT2D eigenvalue weighted by atomic mass is 10.0. The lowest BCUT2D eigenvalue weighted by molar-refractivity contribution is 0.174. The summed E-state index contributed by atoms with van der Waals surface area (Å²) in [4.78, 5) is 0. The average Bonchev–Trinajstić information content (AvgIpc) is 3.33. The van der Waals surface area contributed by atoms with Crippen LogP contribution >= 0.6 is 0 Å². The van der Waals surface area contributed by atoms with Gasteiger partial charge in [0.1, 0.15) is 0 Å². The highest BCUT2D eigenvalue weighted by Gasteiger charge is 2.26. The number of nitrogens with one attached hydrogen (secondary N) is 1. The normalized spacial score (nSPS) is 17.0. The van der Waals surface area contributed by atoms with Crippen molar-refractivity contribution >= 4 is 0 Å². The van der Waals surface area contributed by atoms with Crippen molar-refractivity contribution in [2.75, 3.05) is 21.0 Å². The quantitative estimate of drug-likeness (QED) is 0.772. The van der Waals surface area contributed by atoms with Gasteiger partial charge in [-0.2, -0.15) is 0 Å². The van der Waals surface area contributed by atoms with Crippen LogP contribution in [0.2, 0.25) is 0 Å². The molecule has 6 heteroatoms. The van der Waals surface area contributed by atoms with E-state index in [1.807, 2.05) is 12.1 Å². The Bertz CT molecular complexity index is 1010. The van der Waals surface area contributed by atoms with Gasteiger partial charge in [-0.15, -0.1) is 0 Å². The minimum absolute atomic E-state index is 0.0175. The minimum Gasteiger partial charge on any atom is -0.493 e. The second-order valence-electron chi connectivity index (χ2n) is 6.57. The van der Waals surface area contributed by atoms with E-state index in [0.717, 1.165) is 39.9 Å². The van der Waals surface area contributed by atoms with Crippen molar-refractivity contribution in [1.82, 2.24) is 9.88 Å². The number of hydrogen-bond donors (Lipinski definition) is 1. The van der Waals surface area contributed by atoms with E-state index in [1.54, 1.807) is 14.2 Å². The number of nitrogens with zero attached hydrogens (tertiary/aromatic N) is 1. The van der Waals surface area contributed by atoms with Crippen LogP contribution in [0.4, 0.5) is 0 Å². The van der Waals surface area contributed by atoms with Crippen LogP contribution in [-0.4, -0.2) is 25.6 Å². The lowest BCUT2D eigenvalue weighted by Gasteiger charge is -2.19. The Kier molecular flexibility index (Phi) is 3.72. The first-order valence-corrected chi connectivity index (χ1v) is 8.84. The molecule has 1 atom stereocenters. The van der Waals surface area contributed by atoms with E-state index in [1.165, 1.54) is 5.56 Å². The molecule has 1 aromatic heterocycles. The molecule has 0 bridgehead atoms. The van der Waals surface area contributed by atoms with Crippen LogP contribution in [0.5, 0.6) is 23.0 Å². The van der Waals surface area contributed by atoms with Gasteiger partial charge in [0, 0.05) is 24.5 Å². The van der Waals surface area contributed by atoms with E-state index >= 15 is 0 Å². The fraction of sp³-hybridized carbons (Fsp3) is 0.238. The molecule has 0 radical (unpaired) electrons. The van der Waals surface area contributed by atoms with Gasteiger partial charge in [-0.3, -0.25) is 0 Å².